The van der Waals surface area contributed by atoms with Crippen molar-refractivity contribution in [3.05, 3.63) is 107 Å². The van der Waals surface area contributed by atoms with Gasteiger partial charge in [-0.25, -0.2) is 9.78 Å². The number of hydrogen-bond donors (Lipinski definition) is 3. The maximum absolute atomic E-state index is 12.4. The molecule has 2 aromatic heterocycles. The van der Waals surface area contributed by atoms with E-state index in [9.17, 15) is 4.79 Å². The molecule has 5 nitrogen and oxygen atoms in total. The van der Waals surface area contributed by atoms with E-state index < -0.39 is 0 Å². The first kappa shape index (κ1) is 22.2. The number of hydrogen-bond acceptors (Lipinski definition) is 4. The van der Waals surface area contributed by atoms with E-state index in [2.05, 4.69) is 32.8 Å². The molecule has 0 spiro atoms. The third kappa shape index (κ3) is 5.01. The summed E-state index contributed by atoms with van der Waals surface area (Å²) < 4.78 is 1.01. The Labute approximate surface area is 207 Å². The van der Waals surface area contributed by atoms with Gasteiger partial charge in [-0.15, -0.1) is 11.3 Å². The van der Waals surface area contributed by atoms with Crippen molar-refractivity contribution in [1.82, 2.24) is 4.98 Å². The molecule has 4 N–H and O–H groups in total. The Morgan fingerprint density at radius 1 is 0.914 bits per heavy atom. The number of pyridine rings is 1. The number of aromatic nitrogens is 1. The number of thiophene rings is 1. The van der Waals surface area contributed by atoms with E-state index >= 15 is 0 Å². The van der Waals surface area contributed by atoms with Gasteiger partial charge in [0.05, 0.1) is 10.3 Å². The van der Waals surface area contributed by atoms with Crippen LogP contribution in [0.25, 0.3) is 21.2 Å². The third-order valence-corrected chi connectivity index (χ3v) is 6.48. The highest BCUT2D eigenvalue weighted by Crippen LogP contribution is 2.38. The van der Waals surface area contributed by atoms with Crippen LogP contribution < -0.4 is 16.4 Å². The molecule has 0 aliphatic heterocycles. The van der Waals surface area contributed by atoms with Crippen molar-refractivity contribution in [2.45, 2.75) is 6.92 Å². The fourth-order valence-electron chi connectivity index (χ4n) is 3.78. The van der Waals surface area contributed by atoms with Gasteiger partial charge in [-0.3, -0.25) is 0 Å². The van der Waals surface area contributed by atoms with Crippen molar-refractivity contribution in [2.75, 3.05) is 16.4 Å². The van der Waals surface area contributed by atoms with Gasteiger partial charge in [0.15, 0.2) is 0 Å². The van der Waals surface area contributed by atoms with Gasteiger partial charge >= 0.3 is 6.03 Å². The lowest BCUT2D eigenvalue weighted by Crippen LogP contribution is -2.19. The highest BCUT2D eigenvalue weighted by Gasteiger charge is 2.13. The van der Waals surface area contributed by atoms with Crippen LogP contribution in [0.5, 0.6) is 0 Å². The molecule has 0 aliphatic carbocycles. The Morgan fingerprint density at radius 2 is 1.69 bits per heavy atom. The minimum atomic E-state index is -0.292. The second-order valence-corrected chi connectivity index (χ2v) is 8.93. The maximum atomic E-state index is 12.4. The van der Waals surface area contributed by atoms with Gasteiger partial charge in [0.2, 0.25) is 0 Å². The summed E-state index contributed by atoms with van der Waals surface area (Å²) in [5.41, 5.74) is 12.6. The number of aryl methyl sites for hydroxylation is 1. The number of carbonyl (C=O) groups excluding carboxylic acids is 1. The molecule has 0 atom stereocenters. The lowest BCUT2D eigenvalue weighted by Gasteiger charge is -2.09. The minimum absolute atomic E-state index is 0.292. The quantitative estimate of drug-likeness (QED) is 0.249. The number of nitrogens with zero attached hydrogens (tertiary/aromatic N) is 1. The summed E-state index contributed by atoms with van der Waals surface area (Å²) in [6.45, 7) is 1.98. The summed E-state index contributed by atoms with van der Waals surface area (Å²) >= 11 is 1.60. The SMILES string of the molecule is Cc1cccc(NC(=O)Nc2ccc(-c3csc4c(C#Cc5ccccc5)cnc(N)c34)cc2)c1. The van der Waals surface area contributed by atoms with Crippen LogP contribution in [0, 0.1) is 18.8 Å². The van der Waals surface area contributed by atoms with Crippen LogP contribution in [-0.2, 0) is 0 Å². The van der Waals surface area contributed by atoms with Gasteiger partial charge in [-0.05, 0) is 59.8 Å². The first-order valence-electron chi connectivity index (χ1n) is 11.0. The van der Waals surface area contributed by atoms with Crippen LogP contribution in [0.4, 0.5) is 22.0 Å². The number of nitrogen functional groups attached to an aromatic ring is 1. The van der Waals surface area contributed by atoms with Gasteiger partial charge in [0.1, 0.15) is 5.82 Å². The minimum Gasteiger partial charge on any atom is -0.383 e. The van der Waals surface area contributed by atoms with Crippen LogP contribution in [0.1, 0.15) is 16.7 Å². The molecule has 0 saturated heterocycles. The molecular formula is C29H22N4OS. The zero-order chi connectivity index (χ0) is 24.2. The topological polar surface area (TPSA) is 80.0 Å². The van der Waals surface area contributed by atoms with Crippen LogP contribution in [-0.4, -0.2) is 11.0 Å². The van der Waals surface area contributed by atoms with Crippen molar-refractivity contribution in [2.24, 2.45) is 0 Å². The normalized spacial score (nSPS) is 10.4. The van der Waals surface area contributed by atoms with Gasteiger partial charge in [-0.1, -0.05) is 54.3 Å². The van der Waals surface area contributed by atoms with Crippen molar-refractivity contribution in [3.8, 4) is 23.0 Å². The van der Waals surface area contributed by atoms with E-state index in [0.29, 0.717) is 11.5 Å². The Hall–Kier alpha value is -4.60. The van der Waals surface area contributed by atoms with Crippen molar-refractivity contribution in [3.63, 3.8) is 0 Å². The average Bonchev–Trinajstić information content (AvgIpc) is 3.31. The predicted octanol–water partition coefficient (Wildman–Crippen LogP) is 6.90. The second kappa shape index (κ2) is 9.72. The summed E-state index contributed by atoms with van der Waals surface area (Å²) in [4.78, 5) is 16.8. The fraction of sp³-hybridized carbons (Fsp3) is 0.0345. The number of fused-ring (bicyclic) bond motifs is 1. The Morgan fingerprint density at radius 3 is 2.46 bits per heavy atom. The van der Waals surface area contributed by atoms with E-state index in [1.54, 1.807) is 17.5 Å². The molecule has 35 heavy (non-hydrogen) atoms. The molecule has 0 bridgehead atoms. The van der Waals surface area contributed by atoms with Gasteiger partial charge in [0, 0.05) is 34.1 Å². The molecule has 5 rings (SSSR count). The lowest BCUT2D eigenvalue weighted by molar-refractivity contribution is 0.262. The van der Waals surface area contributed by atoms with Crippen LogP contribution in [0.2, 0.25) is 0 Å². The molecule has 5 aromatic rings. The molecule has 0 saturated carbocycles. The molecule has 2 heterocycles. The van der Waals surface area contributed by atoms with E-state index in [0.717, 1.165) is 43.6 Å². The number of urea groups is 1. The molecular weight excluding hydrogens is 452 g/mol. The first-order valence-corrected chi connectivity index (χ1v) is 11.9. The zero-order valence-corrected chi connectivity index (χ0v) is 19.8. The second-order valence-electron chi connectivity index (χ2n) is 8.05. The number of carbonyl (C=O) groups is 1. The summed E-state index contributed by atoms with van der Waals surface area (Å²) in [6.07, 6.45) is 1.73. The van der Waals surface area contributed by atoms with Gasteiger partial charge in [-0.2, -0.15) is 0 Å². The average molecular weight is 475 g/mol. The fourth-order valence-corrected chi connectivity index (χ4v) is 4.83. The van der Waals surface area contributed by atoms with Crippen LogP contribution >= 0.6 is 11.3 Å². The first-order chi connectivity index (χ1) is 17.1. The number of amides is 2. The smallest absolute Gasteiger partial charge is 0.323 e. The number of anilines is 3. The molecule has 170 valence electrons. The van der Waals surface area contributed by atoms with Crippen molar-refractivity contribution < 1.29 is 4.79 Å². The molecule has 0 aliphatic rings. The molecule has 6 heteroatoms. The predicted molar refractivity (Wildman–Crippen MR) is 146 cm³/mol. The van der Waals surface area contributed by atoms with E-state index in [4.69, 9.17) is 5.73 Å². The summed E-state index contributed by atoms with van der Waals surface area (Å²) in [5.74, 6) is 6.91. The highest BCUT2D eigenvalue weighted by molar-refractivity contribution is 7.18. The summed E-state index contributed by atoms with van der Waals surface area (Å²) in [7, 11) is 0. The third-order valence-electron chi connectivity index (χ3n) is 5.47. The molecule has 3 aromatic carbocycles. The number of benzene rings is 3. The molecule has 0 radical (unpaired) electrons. The number of nitrogens with two attached hydrogens (primary N) is 1. The van der Waals surface area contributed by atoms with Gasteiger partial charge in [0.25, 0.3) is 0 Å². The Balaban J connectivity index is 1.38. The largest absolute Gasteiger partial charge is 0.383 e. The number of nitrogens with one attached hydrogen (secondary N) is 2. The summed E-state index contributed by atoms with van der Waals surface area (Å²) in [5, 5.41) is 8.69. The number of rotatable bonds is 3. The van der Waals surface area contributed by atoms with Crippen LogP contribution in [0.3, 0.4) is 0 Å². The standard InChI is InChI=1S/C29H22N4OS/c1-19-6-5-9-24(16-19)33-29(34)32-23-14-12-21(13-15-23)25-18-35-27-22(17-31-28(30)26(25)27)11-10-20-7-3-2-4-8-20/h2-9,12-18H,1H3,(H2,30,31)(H2,32,33,34). The van der Waals surface area contributed by atoms with Crippen molar-refractivity contribution >= 4 is 44.6 Å². The Kier molecular flexibility index (Phi) is 6.16. The molecule has 2 amide bonds. The van der Waals surface area contributed by atoms with E-state index in [1.165, 1.54) is 0 Å². The molecule has 0 unspecified atom stereocenters. The van der Waals surface area contributed by atoms with E-state index in [-0.39, 0.29) is 6.03 Å². The van der Waals surface area contributed by atoms with Crippen molar-refractivity contribution in [1.29, 1.82) is 0 Å². The summed E-state index contributed by atoms with van der Waals surface area (Å²) in [6, 6.07) is 24.9. The van der Waals surface area contributed by atoms with E-state index in [1.807, 2.05) is 85.8 Å². The lowest BCUT2D eigenvalue weighted by atomic mass is 10.0. The zero-order valence-electron chi connectivity index (χ0n) is 19.0. The molecule has 0 fully saturated rings. The Bertz CT molecular complexity index is 1580. The highest BCUT2D eigenvalue weighted by atomic mass is 32.1. The van der Waals surface area contributed by atoms with Crippen LogP contribution in [0.15, 0.2) is 90.4 Å². The monoisotopic (exact) mass is 474 g/mol. The van der Waals surface area contributed by atoms with Gasteiger partial charge < -0.3 is 16.4 Å². The maximum Gasteiger partial charge on any atom is 0.323 e.